The Balaban J connectivity index is 2.27. The van der Waals surface area contributed by atoms with Crippen molar-refractivity contribution >= 4 is 5.91 Å². The van der Waals surface area contributed by atoms with Crippen molar-refractivity contribution in [2.45, 2.75) is 31.7 Å². The Bertz CT molecular complexity index is 180. The summed E-state index contributed by atoms with van der Waals surface area (Å²) in [6.45, 7) is 5.32. The molecule has 1 aliphatic heterocycles. The molecule has 1 amide bonds. The van der Waals surface area contributed by atoms with E-state index in [1.807, 2.05) is 6.08 Å². The Morgan fingerprint density at radius 3 is 3.23 bits per heavy atom. The first-order valence-electron chi connectivity index (χ1n) is 4.96. The van der Waals surface area contributed by atoms with Gasteiger partial charge in [0.2, 0.25) is 5.91 Å². The summed E-state index contributed by atoms with van der Waals surface area (Å²) >= 11 is 0. The monoisotopic (exact) mass is 182 g/mol. The fourth-order valence-electron chi connectivity index (χ4n) is 1.49. The minimum absolute atomic E-state index is 0.0162. The molecule has 3 nitrogen and oxygen atoms in total. The van der Waals surface area contributed by atoms with E-state index in [1.165, 1.54) is 0 Å². The highest BCUT2D eigenvalue weighted by Gasteiger charge is 2.18. The van der Waals surface area contributed by atoms with E-state index in [9.17, 15) is 4.79 Å². The van der Waals surface area contributed by atoms with Gasteiger partial charge in [0.15, 0.2) is 0 Å². The molecule has 0 bridgehead atoms. The number of carbonyl (C=O) groups is 1. The van der Waals surface area contributed by atoms with E-state index < -0.39 is 0 Å². The summed E-state index contributed by atoms with van der Waals surface area (Å²) in [5, 5.41) is 6.12. The summed E-state index contributed by atoms with van der Waals surface area (Å²) in [7, 11) is 0. The zero-order valence-corrected chi connectivity index (χ0v) is 8.01. The Kier molecular flexibility index (Phi) is 4.54. The first-order valence-corrected chi connectivity index (χ1v) is 4.96. The molecule has 0 saturated carbocycles. The highest BCUT2D eigenvalue weighted by atomic mass is 16.2. The summed E-state index contributed by atoms with van der Waals surface area (Å²) in [5.74, 6) is 0.154. The molecule has 1 fully saturated rings. The Hall–Kier alpha value is -0.830. The molecule has 0 aromatic heterocycles. The van der Waals surface area contributed by atoms with E-state index in [1.54, 1.807) is 0 Å². The minimum Gasteiger partial charge on any atom is -0.355 e. The van der Waals surface area contributed by atoms with Gasteiger partial charge in [0.1, 0.15) is 0 Å². The molecule has 1 aliphatic rings. The van der Waals surface area contributed by atoms with Crippen molar-refractivity contribution in [2.75, 3.05) is 13.1 Å². The van der Waals surface area contributed by atoms with E-state index >= 15 is 0 Å². The second kappa shape index (κ2) is 5.75. The molecule has 1 heterocycles. The maximum absolute atomic E-state index is 11.4. The van der Waals surface area contributed by atoms with Gasteiger partial charge in [-0.05, 0) is 32.2 Å². The van der Waals surface area contributed by atoms with Gasteiger partial charge in [-0.1, -0.05) is 6.08 Å². The van der Waals surface area contributed by atoms with Crippen LogP contribution in [0, 0.1) is 0 Å². The maximum atomic E-state index is 11.4. The molecule has 2 N–H and O–H groups in total. The largest absolute Gasteiger partial charge is 0.355 e. The number of carbonyl (C=O) groups excluding carboxylic acids is 1. The second-order valence-corrected chi connectivity index (χ2v) is 3.37. The second-order valence-electron chi connectivity index (χ2n) is 3.37. The lowest BCUT2D eigenvalue weighted by Gasteiger charge is -2.13. The average Bonchev–Trinajstić information content (AvgIpc) is 2.32. The standard InChI is InChI=1S/C10H18N2O/c1-2-3-7-11-9-6-4-5-8-12-10(9)13/h2,9,11H,1,3-8H2,(H,12,13). The third kappa shape index (κ3) is 3.59. The predicted molar refractivity (Wildman–Crippen MR) is 53.5 cm³/mol. The van der Waals surface area contributed by atoms with Gasteiger partial charge in [0.25, 0.3) is 0 Å². The van der Waals surface area contributed by atoms with Gasteiger partial charge in [0.05, 0.1) is 6.04 Å². The molecule has 3 heteroatoms. The molecule has 1 rings (SSSR count). The van der Waals surface area contributed by atoms with Crippen LogP contribution in [0.4, 0.5) is 0 Å². The summed E-state index contributed by atoms with van der Waals surface area (Å²) in [6.07, 6.45) is 5.98. The van der Waals surface area contributed by atoms with Crippen molar-refractivity contribution in [1.29, 1.82) is 0 Å². The zero-order valence-electron chi connectivity index (χ0n) is 8.01. The van der Waals surface area contributed by atoms with Crippen molar-refractivity contribution < 1.29 is 4.79 Å². The molecule has 1 saturated heterocycles. The summed E-state index contributed by atoms with van der Waals surface area (Å²) in [4.78, 5) is 11.4. The van der Waals surface area contributed by atoms with Gasteiger partial charge < -0.3 is 10.6 Å². The van der Waals surface area contributed by atoms with Gasteiger partial charge >= 0.3 is 0 Å². The Morgan fingerprint density at radius 2 is 2.46 bits per heavy atom. The van der Waals surface area contributed by atoms with Crippen molar-refractivity contribution in [3.8, 4) is 0 Å². The van der Waals surface area contributed by atoms with Crippen LogP contribution >= 0.6 is 0 Å². The predicted octanol–water partition coefficient (Wildman–Crippen LogP) is 0.821. The molecule has 0 aromatic carbocycles. The lowest BCUT2D eigenvalue weighted by atomic mass is 10.1. The quantitative estimate of drug-likeness (QED) is 0.499. The highest BCUT2D eigenvalue weighted by molar-refractivity contribution is 5.81. The van der Waals surface area contributed by atoms with E-state index in [4.69, 9.17) is 0 Å². The Labute approximate surface area is 79.6 Å². The van der Waals surface area contributed by atoms with Crippen LogP contribution in [0.3, 0.4) is 0 Å². The fourth-order valence-corrected chi connectivity index (χ4v) is 1.49. The third-order valence-electron chi connectivity index (χ3n) is 2.27. The summed E-state index contributed by atoms with van der Waals surface area (Å²) in [6, 6.07) is 0.0162. The summed E-state index contributed by atoms with van der Waals surface area (Å²) in [5.41, 5.74) is 0. The van der Waals surface area contributed by atoms with Crippen molar-refractivity contribution in [3.63, 3.8) is 0 Å². The smallest absolute Gasteiger partial charge is 0.237 e. The molecule has 0 aromatic rings. The number of amides is 1. The molecule has 0 radical (unpaired) electrons. The molecule has 0 spiro atoms. The maximum Gasteiger partial charge on any atom is 0.237 e. The lowest BCUT2D eigenvalue weighted by Crippen LogP contribution is -2.43. The van der Waals surface area contributed by atoms with Crippen LogP contribution in [0.15, 0.2) is 12.7 Å². The molecule has 74 valence electrons. The summed E-state index contributed by atoms with van der Waals surface area (Å²) < 4.78 is 0. The van der Waals surface area contributed by atoms with Crippen LogP contribution in [0.1, 0.15) is 25.7 Å². The van der Waals surface area contributed by atoms with Crippen LogP contribution in [-0.2, 0) is 4.79 Å². The van der Waals surface area contributed by atoms with Crippen LogP contribution in [0.2, 0.25) is 0 Å². The number of rotatable bonds is 4. The zero-order chi connectivity index (χ0) is 9.52. The van der Waals surface area contributed by atoms with Crippen LogP contribution < -0.4 is 10.6 Å². The normalized spacial score (nSPS) is 23.4. The van der Waals surface area contributed by atoms with E-state index in [-0.39, 0.29) is 11.9 Å². The van der Waals surface area contributed by atoms with Gasteiger partial charge in [-0.15, -0.1) is 6.58 Å². The average molecular weight is 182 g/mol. The number of nitrogens with one attached hydrogen (secondary N) is 2. The van der Waals surface area contributed by atoms with Crippen molar-refractivity contribution in [1.82, 2.24) is 10.6 Å². The topological polar surface area (TPSA) is 41.1 Å². The Morgan fingerprint density at radius 1 is 1.62 bits per heavy atom. The van der Waals surface area contributed by atoms with Gasteiger partial charge in [-0.3, -0.25) is 4.79 Å². The van der Waals surface area contributed by atoms with Crippen LogP contribution in [-0.4, -0.2) is 25.0 Å². The number of hydrogen-bond donors (Lipinski definition) is 2. The molecule has 0 aliphatic carbocycles. The van der Waals surface area contributed by atoms with Crippen LogP contribution in [0.25, 0.3) is 0 Å². The molecule has 1 atom stereocenters. The molecular formula is C10H18N2O. The third-order valence-corrected chi connectivity index (χ3v) is 2.27. The van der Waals surface area contributed by atoms with Crippen LogP contribution in [0.5, 0.6) is 0 Å². The van der Waals surface area contributed by atoms with Crippen molar-refractivity contribution in [3.05, 3.63) is 12.7 Å². The minimum atomic E-state index is 0.0162. The molecular weight excluding hydrogens is 164 g/mol. The van der Waals surface area contributed by atoms with Gasteiger partial charge in [-0.2, -0.15) is 0 Å². The SMILES string of the molecule is C=CCCNC1CCCCNC1=O. The lowest BCUT2D eigenvalue weighted by molar-refractivity contribution is -0.122. The molecule has 13 heavy (non-hydrogen) atoms. The number of hydrogen-bond acceptors (Lipinski definition) is 2. The van der Waals surface area contributed by atoms with Gasteiger partial charge in [0, 0.05) is 6.54 Å². The first kappa shape index (κ1) is 10.3. The first-order chi connectivity index (χ1) is 6.34. The van der Waals surface area contributed by atoms with E-state index in [2.05, 4.69) is 17.2 Å². The van der Waals surface area contributed by atoms with E-state index in [0.29, 0.717) is 0 Å². The fraction of sp³-hybridized carbons (Fsp3) is 0.700. The highest BCUT2D eigenvalue weighted by Crippen LogP contribution is 2.04. The van der Waals surface area contributed by atoms with E-state index in [0.717, 1.165) is 38.8 Å². The van der Waals surface area contributed by atoms with Gasteiger partial charge in [-0.25, -0.2) is 0 Å². The molecule has 1 unspecified atom stereocenters. The van der Waals surface area contributed by atoms with Crippen molar-refractivity contribution in [2.24, 2.45) is 0 Å².